The fourth-order valence-corrected chi connectivity index (χ4v) is 5.05. The number of amides is 1. The van der Waals surface area contributed by atoms with E-state index in [9.17, 15) is 4.79 Å². The average Bonchev–Trinajstić information content (AvgIpc) is 3.52. The van der Waals surface area contributed by atoms with E-state index in [0.29, 0.717) is 18.2 Å². The summed E-state index contributed by atoms with van der Waals surface area (Å²) in [6, 6.07) is 8.18. The van der Waals surface area contributed by atoms with Crippen LogP contribution in [0.15, 0.2) is 24.4 Å². The molecule has 1 N–H and O–H groups in total. The largest absolute Gasteiger partial charge is 0.377 e. The predicted octanol–water partition coefficient (Wildman–Crippen LogP) is 3.95. The Morgan fingerprint density at radius 2 is 2.07 bits per heavy atom. The summed E-state index contributed by atoms with van der Waals surface area (Å²) in [5.41, 5.74) is 1.37. The molecule has 3 fully saturated rings. The maximum absolute atomic E-state index is 12.3. The lowest BCUT2D eigenvalue weighted by molar-refractivity contribution is -0.136. The van der Waals surface area contributed by atoms with Crippen LogP contribution in [-0.2, 0) is 9.53 Å². The van der Waals surface area contributed by atoms with Crippen molar-refractivity contribution in [3.05, 3.63) is 35.0 Å². The number of likely N-dealkylation sites (tertiary alicyclic amines) is 1. The van der Waals surface area contributed by atoms with E-state index in [4.69, 9.17) is 21.6 Å². The standard InChI is InChI=1S/C23H25ClN4O2/c1-23(12-30-13-23)28-4-2-14(3-5-28)18-6-15-9-21(26-11-17(15)8-20(18)24)27-22(29)19-7-16(19)10-25/h6,8-9,11,14,16,19H,2-5,7,12-13H2,1H3,(H,26,27,29)/t16-,19+/m0/s1. The van der Waals surface area contributed by atoms with E-state index in [-0.39, 0.29) is 23.3 Å². The molecule has 0 bridgehead atoms. The maximum atomic E-state index is 12.3. The molecular weight excluding hydrogens is 400 g/mol. The summed E-state index contributed by atoms with van der Waals surface area (Å²) in [4.78, 5) is 19.2. The molecule has 2 aliphatic heterocycles. The maximum Gasteiger partial charge on any atom is 0.230 e. The molecule has 0 radical (unpaired) electrons. The molecule has 2 atom stereocenters. The van der Waals surface area contributed by atoms with Crippen LogP contribution in [0.1, 0.15) is 37.7 Å². The summed E-state index contributed by atoms with van der Waals surface area (Å²) in [7, 11) is 0. The molecule has 0 spiro atoms. The van der Waals surface area contributed by atoms with Gasteiger partial charge in [-0.15, -0.1) is 0 Å². The first kappa shape index (κ1) is 19.7. The zero-order chi connectivity index (χ0) is 20.9. The molecule has 1 aromatic carbocycles. The number of aromatic nitrogens is 1. The van der Waals surface area contributed by atoms with Crippen LogP contribution in [0.2, 0.25) is 5.02 Å². The molecule has 5 rings (SSSR count). The molecule has 7 heteroatoms. The van der Waals surface area contributed by atoms with E-state index in [1.54, 1.807) is 6.20 Å². The van der Waals surface area contributed by atoms with E-state index in [1.165, 1.54) is 5.56 Å². The number of halogens is 1. The number of ether oxygens (including phenoxy) is 1. The van der Waals surface area contributed by atoms with Crippen LogP contribution in [0.3, 0.4) is 0 Å². The highest BCUT2D eigenvalue weighted by molar-refractivity contribution is 6.32. The zero-order valence-electron chi connectivity index (χ0n) is 17.0. The molecule has 1 amide bonds. The van der Waals surface area contributed by atoms with Crippen molar-refractivity contribution in [3.63, 3.8) is 0 Å². The summed E-state index contributed by atoms with van der Waals surface area (Å²) in [5, 5.41) is 14.5. The van der Waals surface area contributed by atoms with Crippen LogP contribution in [0.4, 0.5) is 5.82 Å². The number of benzene rings is 1. The predicted molar refractivity (Wildman–Crippen MR) is 115 cm³/mol. The zero-order valence-corrected chi connectivity index (χ0v) is 17.8. The Labute approximate surface area is 181 Å². The van der Waals surface area contributed by atoms with Gasteiger partial charge in [0.25, 0.3) is 0 Å². The number of pyridine rings is 1. The van der Waals surface area contributed by atoms with Gasteiger partial charge in [0.1, 0.15) is 5.82 Å². The highest BCUT2D eigenvalue weighted by Crippen LogP contribution is 2.40. The molecule has 6 nitrogen and oxygen atoms in total. The van der Waals surface area contributed by atoms with Gasteiger partial charge >= 0.3 is 0 Å². The van der Waals surface area contributed by atoms with Crippen molar-refractivity contribution in [1.82, 2.24) is 9.88 Å². The van der Waals surface area contributed by atoms with E-state index in [1.807, 2.05) is 12.1 Å². The van der Waals surface area contributed by atoms with Gasteiger partial charge in [-0.3, -0.25) is 9.69 Å². The minimum Gasteiger partial charge on any atom is -0.377 e. The number of carbonyl (C=O) groups excluding carboxylic acids is 1. The molecule has 30 heavy (non-hydrogen) atoms. The Balaban J connectivity index is 1.32. The third-order valence-corrected chi connectivity index (χ3v) is 7.23. The number of nitrogens with zero attached hydrogens (tertiary/aromatic N) is 3. The number of hydrogen-bond acceptors (Lipinski definition) is 5. The van der Waals surface area contributed by atoms with Gasteiger partial charge < -0.3 is 10.1 Å². The number of fused-ring (bicyclic) bond motifs is 1. The molecule has 2 saturated heterocycles. The monoisotopic (exact) mass is 424 g/mol. The van der Waals surface area contributed by atoms with Crippen molar-refractivity contribution >= 4 is 34.1 Å². The quantitative estimate of drug-likeness (QED) is 0.803. The van der Waals surface area contributed by atoms with Crippen molar-refractivity contribution in [2.45, 2.75) is 37.6 Å². The molecule has 1 aliphatic carbocycles. The summed E-state index contributed by atoms with van der Waals surface area (Å²) in [6.45, 7) is 6.04. The second-order valence-electron chi connectivity index (χ2n) is 9.11. The van der Waals surface area contributed by atoms with Crippen molar-refractivity contribution in [2.24, 2.45) is 11.8 Å². The summed E-state index contributed by atoms with van der Waals surface area (Å²) >= 11 is 6.65. The summed E-state index contributed by atoms with van der Waals surface area (Å²) < 4.78 is 5.42. The van der Waals surface area contributed by atoms with Crippen LogP contribution in [0.5, 0.6) is 0 Å². The third kappa shape index (κ3) is 3.56. The smallest absolute Gasteiger partial charge is 0.230 e. The fourth-order valence-electron chi connectivity index (χ4n) is 4.72. The minimum absolute atomic E-state index is 0.122. The molecule has 3 aliphatic rings. The SMILES string of the molecule is CC1(N2CCC(c3cc4cc(NC(=O)[C@@H]5C[C@H]5C#N)ncc4cc3Cl)CC2)COC1. The van der Waals surface area contributed by atoms with Gasteiger partial charge in [0, 0.05) is 16.6 Å². The highest BCUT2D eigenvalue weighted by atomic mass is 35.5. The first-order valence-corrected chi connectivity index (χ1v) is 11.0. The minimum atomic E-state index is -0.207. The number of anilines is 1. The average molecular weight is 425 g/mol. The molecule has 156 valence electrons. The van der Waals surface area contributed by atoms with E-state index < -0.39 is 0 Å². The Hall–Kier alpha value is -2.20. The molecular formula is C23H25ClN4O2. The highest BCUT2D eigenvalue weighted by Gasteiger charge is 2.43. The van der Waals surface area contributed by atoms with E-state index in [0.717, 1.165) is 54.9 Å². The van der Waals surface area contributed by atoms with Crippen molar-refractivity contribution in [2.75, 3.05) is 31.6 Å². The number of nitrogens with one attached hydrogen (secondary N) is 1. The van der Waals surface area contributed by atoms with Crippen molar-refractivity contribution in [3.8, 4) is 6.07 Å². The second-order valence-corrected chi connectivity index (χ2v) is 9.52. The number of hydrogen-bond donors (Lipinski definition) is 1. The van der Waals surface area contributed by atoms with Gasteiger partial charge in [-0.05, 0) is 74.3 Å². The van der Waals surface area contributed by atoms with Gasteiger partial charge in [0.15, 0.2) is 0 Å². The second kappa shape index (κ2) is 7.49. The molecule has 1 aromatic heterocycles. The number of rotatable bonds is 4. The third-order valence-electron chi connectivity index (χ3n) is 6.91. The molecule has 3 heterocycles. The summed E-state index contributed by atoms with van der Waals surface area (Å²) in [5.74, 6) is 0.467. The van der Waals surface area contributed by atoms with Crippen molar-refractivity contribution in [1.29, 1.82) is 5.26 Å². The number of carbonyl (C=O) groups is 1. The normalized spacial score (nSPS) is 26.0. The summed E-state index contributed by atoms with van der Waals surface area (Å²) in [6.07, 6.45) is 4.54. The topological polar surface area (TPSA) is 78.3 Å². The van der Waals surface area contributed by atoms with Crippen molar-refractivity contribution < 1.29 is 9.53 Å². The Kier molecular flexibility index (Phi) is 4.93. The van der Waals surface area contributed by atoms with Gasteiger partial charge in [-0.2, -0.15) is 5.26 Å². The molecule has 2 aromatic rings. The Bertz CT molecular complexity index is 1040. The lowest BCUT2D eigenvalue weighted by Gasteiger charge is -2.50. The fraction of sp³-hybridized carbons (Fsp3) is 0.522. The van der Waals surface area contributed by atoms with Gasteiger partial charge in [0.05, 0.1) is 36.7 Å². The van der Waals surface area contributed by atoms with Crippen LogP contribution >= 0.6 is 11.6 Å². The van der Waals surface area contributed by atoms with Crippen LogP contribution in [0, 0.1) is 23.2 Å². The lowest BCUT2D eigenvalue weighted by atomic mass is 9.85. The van der Waals surface area contributed by atoms with E-state index >= 15 is 0 Å². The number of nitriles is 1. The Morgan fingerprint density at radius 1 is 1.30 bits per heavy atom. The van der Waals surface area contributed by atoms with Crippen LogP contribution in [0.25, 0.3) is 10.8 Å². The van der Waals surface area contributed by atoms with Gasteiger partial charge in [-0.1, -0.05) is 11.6 Å². The van der Waals surface area contributed by atoms with Crippen LogP contribution < -0.4 is 5.32 Å². The molecule has 0 unspecified atom stereocenters. The molecule has 1 saturated carbocycles. The van der Waals surface area contributed by atoms with Gasteiger partial charge in [0.2, 0.25) is 5.91 Å². The Morgan fingerprint density at radius 3 is 2.70 bits per heavy atom. The lowest BCUT2D eigenvalue weighted by Crippen LogP contribution is -2.61. The first-order valence-electron chi connectivity index (χ1n) is 10.6. The number of piperidine rings is 1. The first-order chi connectivity index (χ1) is 14.5. The van der Waals surface area contributed by atoms with Gasteiger partial charge in [-0.25, -0.2) is 4.98 Å². The van der Waals surface area contributed by atoms with Crippen LogP contribution in [-0.4, -0.2) is 47.6 Å². The van der Waals surface area contributed by atoms with E-state index in [2.05, 4.69) is 34.3 Å².